The highest BCUT2D eigenvalue weighted by atomic mass is 32.2. The van der Waals surface area contributed by atoms with Gasteiger partial charge in [-0.05, 0) is 32.7 Å². The molecule has 2 aliphatic heterocycles. The van der Waals surface area contributed by atoms with E-state index < -0.39 is 10.0 Å². The minimum absolute atomic E-state index is 0.0306. The van der Waals surface area contributed by atoms with Gasteiger partial charge in [-0.1, -0.05) is 17.8 Å². The fourth-order valence-corrected chi connectivity index (χ4v) is 5.91. The number of piperidine rings is 1. The van der Waals surface area contributed by atoms with Crippen molar-refractivity contribution in [1.29, 1.82) is 0 Å². The molecule has 1 aromatic rings. The number of nitrogens with zero attached hydrogens (tertiary/aromatic N) is 1. The van der Waals surface area contributed by atoms with Crippen LogP contribution in [0.25, 0.3) is 0 Å². The molecule has 0 spiro atoms. The Balaban J connectivity index is 1.80. The molecule has 2 N–H and O–H groups in total. The van der Waals surface area contributed by atoms with Gasteiger partial charge in [-0.2, -0.15) is 0 Å². The average molecular weight is 317 g/mol. The van der Waals surface area contributed by atoms with E-state index in [9.17, 15) is 13.2 Å². The van der Waals surface area contributed by atoms with Crippen LogP contribution in [0.1, 0.15) is 31.4 Å². The summed E-state index contributed by atoms with van der Waals surface area (Å²) in [5, 5.41) is 0. The van der Waals surface area contributed by atoms with E-state index in [-0.39, 0.29) is 15.1 Å². The first-order chi connectivity index (χ1) is 9.47. The predicted molar refractivity (Wildman–Crippen MR) is 77.6 cm³/mol. The molecule has 112 valence electrons. The topological polar surface area (TPSA) is 82.3 Å². The van der Waals surface area contributed by atoms with Gasteiger partial charge in [0.15, 0.2) is 4.21 Å². The minimum Gasteiger partial charge on any atom is -0.315 e. The highest BCUT2D eigenvalue weighted by molar-refractivity contribution is 7.91. The van der Waals surface area contributed by atoms with E-state index in [1.165, 1.54) is 6.42 Å². The molecule has 3 heterocycles. The Hall–Kier alpha value is -0.700. The molecule has 0 aromatic carbocycles. The van der Waals surface area contributed by atoms with E-state index in [0.29, 0.717) is 11.7 Å². The number of rotatable bonds is 3. The maximum atomic E-state index is 12.4. The van der Waals surface area contributed by atoms with Crippen molar-refractivity contribution < 1.29 is 8.42 Å². The van der Waals surface area contributed by atoms with E-state index in [2.05, 4.69) is 14.6 Å². The van der Waals surface area contributed by atoms with Crippen molar-refractivity contribution in [3.05, 3.63) is 15.4 Å². The van der Waals surface area contributed by atoms with Crippen molar-refractivity contribution in [3.8, 4) is 0 Å². The quantitative estimate of drug-likeness (QED) is 0.857. The largest absolute Gasteiger partial charge is 0.315 e. The Morgan fingerprint density at radius 1 is 1.30 bits per heavy atom. The summed E-state index contributed by atoms with van der Waals surface area (Å²) < 4.78 is 27.8. The van der Waals surface area contributed by atoms with E-state index in [1.54, 1.807) is 6.92 Å². The number of aryl methyl sites for hydroxylation is 1. The SMILES string of the molecule is Cc1[nH]c(=O)sc1S(=O)(=O)NC1CCN2CCCCC12. The number of fused-ring (bicyclic) bond motifs is 1. The summed E-state index contributed by atoms with van der Waals surface area (Å²) in [6.45, 7) is 3.65. The van der Waals surface area contributed by atoms with Gasteiger partial charge in [0.1, 0.15) is 0 Å². The maximum Gasteiger partial charge on any atom is 0.305 e. The Bertz CT molecular complexity index is 649. The lowest BCUT2D eigenvalue weighted by Gasteiger charge is -2.32. The second kappa shape index (κ2) is 5.25. The van der Waals surface area contributed by atoms with E-state index in [1.807, 2.05) is 0 Å². The predicted octanol–water partition coefficient (Wildman–Crippen LogP) is 0.650. The molecule has 0 aliphatic carbocycles. The average Bonchev–Trinajstić information content (AvgIpc) is 2.94. The van der Waals surface area contributed by atoms with Gasteiger partial charge in [0.25, 0.3) is 10.0 Å². The van der Waals surface area contributed by atoms with Crippen LogP contribution in [0.4, 0.5) is 0 Å². The number of thiazole rings is 1. The summed E-state index contributed by atoms with van der Waals surface area (Å²) in [6.07, 6.45) is 4.27. The number of hydrogen-bond acceptors (Lipinski definition) is 5. The molecule has 0 bridgehead atoms. The van der Waals surface area contributed by atoms with Gasteiger partial charge in [0.2, 0.25) is 0 Å². The Morgan fingerprint density at radius 2 is 2.10 bits per heavy atom. The van der Waals surface area contributed by atoms with Crippen molar-refractivity contribution in [1.82, 2.24) is 14.6 Å². The fourth-order valence-electron chi connectivity index (χ4n) is 3.28. The third-order valence-electron chi connectivity index (χ3n) is 4.19. The molecule has 2 fully saturated rings. The molecule has 2 unspecified atom stereocenters. The second-order valence-electron chi connectivity index (χ2n) is 5.54. The first kappa shape index (κ1) is 14.2. The molecule has 20 heavy (non-hydrogen) atoms. The highest BCUT2D eigenvalue weighted by Gasteiger charge is 2.38. The van der Waals surface area contributed by atoms with Crippen molar-refractivity contribution in [3.63, 3.8) is 0 Å². The molecule has 3 rings (SSSR count). The number of nitrogens with one attached hydrogen (secondary N) is 2. The Morgan fingerprint density at radius 3 is 2.80 bits per heavy atom. The zero-order valence-corrected chi connectivity index (χ0v) is 13.0. The molecule has 0 saturated carbocycles. The Kier molecular flexibility index (Phi) is 3.74. The van der Waals surface area contributed by atoms with Gasteiger partial charge in [0, 0.05) is 24.3 Å². The van der Waals surface area contributed by atoms with Gasteiger partial charge < -0.3 is 4.98 Å². The minimum atomic E-state index is -3.59. The lowest BCUT2D eigenvalue weighted by atomic mass is 10.00. The van der Waals surface area contributed by atoms with E-state index in [4.69, 9.17) is 0 Å². The number of aromatic nitrogens is 1. The molecule has 2 aliphatic rings. The third-order valence-corrected chi connectivity index (χ3v) is 7.28. The number of sulfonamides is 1. The third kappa shape index (κ3) is 2.57. The van der Waals surface area contributed by atoms with E-state index in [0.717, 1.165) is 43.7 Å². The smallest absolute Gasteiger partial charge is 0.305 e. The molecule has 6 nitrogen and oxygen atoms in total. The Labute approximate surface area is 122 Å². The molecular weight excluding hydrogens is 298 g/mol. The first-order valence-corrected chi connectivity index (χ1v) is 9.23. The van der Waals surface area contributed by atoms with Crippen molar-refractivity contribution in [2.75, 3.05) is 13.1 Å². The standard InChI is InChI=1S/C12H19N3O3S2/c1-8-11(19-12(16)13-8)20(17,18)14-9-5-7-15-6-3-2-4-10(9)15/h9-10,14H,2-7H2,1H3,(H,13,16). The molecule has 2 saturated heterocycles. The van der Waals surface area contributed by atoms with Crippen molar-refractivity contribution >= 4 is 21.4 Å². The summed E-state index contributed by atoms with van der Waals surface area (Å²) in [5.41, 5.74) is 0.422. The van der Waals surface area contributed by atoms with Gasteiger partial charge in [-0.15, -0.1) is 0 Å². The van der Waals surface area contributed by atoms with Crippen LogP contribution in [0.15, 0.2) is 9.00 Å². The summed E-state index contributed by atoms with van der Waals surface area (Å²) in [5.74, 6) is 0. The fraction of sp³-hybridized carbons (Fsp3) is 0.750. The van der Waals surface area contributed by atoms with Crippen LogP contribution in [0.2, 0.25) is 0 Å². The number of aromatic amines is 1. The molecule has 0 radical (unpaired) electrons. The van der Waals surface area contributed by atoms with Crippen LogP contribution in [0, 0.1) is 6.92 Å². The molecule has 0 amide bonds. The van der Waals surface area contributed by atoms with E-state index >= 15 is 0 Å². The summed E-state index contributed by atoms with van der Waals surface area (Å²) in [4.78, 5) is 15.9. The normalized spacial score (nSPS) is 27.6. The lowest BCUT2D eigenvalue weighted by molar-refractivity contribution is 0.186. The molecular formula is C12H19N3O3S2. The second-order valence-corrected chi connectivity index (χ2v) is 8.43. The zero-order chi connectivity index (χ0) is 14.3. The molecule has 8 heteroatoms. The number of hydrogen-bond donors (Lipinski definition) is 2. The van der Waals surface area contributed by atoms with Gasteiger partial charge >= 0.3 is 4.87 Å². The summed E-state index contributed by atoms with van der Waals surface area (Å²) in [7, 11) is -3.59. The van der Waals surface area contributed by atoms with Crippen LogP contribution in [0.3, 0.4) is 0 Å². The number of H-pyrrole nitrogens is 1. The summed E-state index contributed by atoms with van der Waals surface area (Å²) >= 11 is 0.759. The first-order valence-electron chi connectivity index (χ1n) is 6.93. The van der Waals surface area contributed by atoms with Crippen LogP contribution in [0.5, 0.6) is 0 Å². The van der Waals surface area contributed by atoms with Crippen LogP contribution >= 0.6 is 11.3 Å². The lowest BCUT2D eigenvalue weighted by Crippen LogP contribution is -2.46. The summed E-state index contributed by atoms with van der Waals surface area (Å²) in [6, 6.07) is 0.284. The maximum absolute atomic E-state index is 12.4. The van der Waals surface area contributed by atoms with Crippen molar-refractivity contribution in [2.24, 2.45) is 0 Å². The van der Waals surface area contributed by atoms with Gasteiger partial charge in [-0.3, -0.25) is 9.69 Å². The van der Waals surface area contributed by atoms with Crippen LogP contribution < -0.4 is 9.60 Å². The molecule has 1 aromatic heterocycles. The molecule has 2 atom stereocenters. The van der Waals surface area contributed by atoms with Crippen LogP contribution in [-0.4, -0.2) is 43.5 Å². The zero-order valence-electron chi connectivity index (χ0n) is 11.4. The van der Waals surface area contributed by atoms with Crippen molar-refractivity contribution in [2.45, 2.75) is 48.9 Å². The van der Waals surface area contributed by atoms with Gasteiger partial charge in [0.05, 0.1) is 0 Å². The monoisotopic (exact) mass is 317 g/mol. The van der Waals surface area contributed by atoms with Gasteiger partial charge in [-0.25, -0.2) is 13.1 Å². The van der Waals surface area contributed by atoms with Crippen LogP contribution in [-0.2, 0) is 10.0 Å². The highest BCUT2D eigenvalue weighted by Crippen LogP contribution is 2.28.